The predicted molar refractivity (Wildman–Crippen MR) is 61.9 cm³/mol. The zero-order valence-electron chi connectivity index (χ0n) is 7.74. The van der Waals surface area contributed by atoms with E-state index in [1.165, 1.54) is 30.8 Å². The molecule has 0 aromatic rings. The van der Waals surface area contributed by atoms with Gasteiger partial charge < -0.3 is 0 Å². The van der Waals surface area contributed by atoms with E-state index in [2.05, 4.69) is 35.7 Å². The summed E-state index contributed by atoms with van der Waals surface area (Å²) >= 11 is 4.37. The summed E-state index contributed by atoms with van der Waals surface area (Å²) in [6.45, 7) is 0. The monoisotopic (exact) mass is 211 g/mol. The number of rotatable bonds is 0. The molecule has 2 heteroatoms. The molecule has 70 valence electrons. The van der Waals surface area contributed by atoms with Crippen LogP contribution in [0.4, 0.5) is 0 Å². The van der Waals surface area contributed by atoms with Crippen LogP contribution in [0.1, 0.15) is 19.3 Å². The Balaban J connectivity index is 1.86. The third kappa shape index (κ3) is 1.52. The fraction of sp³-hybridized carbons (Fsp3) is 0.727. The van der Waals surface area contributed by atoms with Crippen LogP contribution in [-0.2, 0) is 0 Å². The van der Waals surface area contributed by atoms with Crippen molar-refractivity contribution in [3.8, 4) is 0 Å². The van der Waals surface area contributed by atoms with Crippen LogP contribution in [-0.4, -0.2) is 16.8 Å². The lowest BCUT2D eigenvalue weighted by atomic mass is 9.91. The van der Waals surface area contributed by atoms with Crippen LogP contribution in [0, 0.1) is 17.1 Å². The van der Waals surface area contributed by atoms with Gasteiger partial charge in [0, 0.05) is 23.3 Å². The molecule has 1 saturated carbocycles. The summed E-state index contributed by atoms with van der Waals surface area (Å²) in [7, 11) is 0. The molecule has 0 radical (unpaired) electrons. The van der Waals surface area contributed by atoms with Crippen molar-refractivity contribution in [1.82, 2.24) is 0 Å². The fourth-order valence-corrected chi connectivity index (χ4v) is 5.71. The van der Waals surface area contributed by atoms with Gasteiger partial charge in [-0.2, -0.15) is 0 Å². The molecule has 4 rings (SSSR count). The maximum absolute atomic E-state index is 2.50. The van der Waals surface area contributed by atoms with Crippen molar-refractivity contribution in [2.75, 3.05) is 11.5 Å². The first kappa shape index (κ1) is 8.60. The van der Waals surface area contributed by atoms with Gasteiger partial charge in [-0.15, -0.1) is 11.8 Å². The van der Waals surface area contributed by atoms with Gasteiger partial charge in [0.15, 0.2) is 10.5 Å². The molecule has 2 bridgehead atoms. The predicted octanol–water partition coefficient (Wildman–Crippen LogP) is 3.35. The summed E-state index contributed by atoms with van der Waals surface area (Å²) in [4.78, 5) is 0. The van der Waals surface area contributed by atoms with E-state index in [0.29, 0.717) is 0 Å². The lowest BCUT2D eigenvalue weighted by molar-refractivity contribution is 0.506. The van der Waals surface area contributed by atoms with Crippen molar-refractivity contribution in [2.24, 2.45) is 11.8 Å². The topological polar surface area (TPSA) is 0 Å². The summed E-state index contributed by atoms with van der Waals surface area (Å²) in [6, 6.07) is 0. The minimum absolute atomic E-state index is 0.877. The first-order chi connectivity index (χ1) is 6.43. The Labute approximate surface area is 88.9 Å². The molecular formula is C11H15S2+. The van der Waals surface area contributed by atoms with Gasteiger partial charge in [-0.25, -0.2) is 0 Å². The standard InChI is InChI=1S/C11H15S2/c1-3-9-4-2-8(1)7-10-11(9)13-6-5-12-10/h1,3,8-9,11H,2,4-7H2/q+1/t8-,9+,11?/m0/s1. The molecule has 0 aromatic heterocycles. The Kier molecular flexibility index (Phi) is 2.30. The van der Waals surface area contributed by atoms with E-state index < -0.39 is 0 Å². The number of allylic oxidation sites excluding steroid dienone is 2. The molecule has 0 spiro atoms. The molecule has 1 heterocycles. The SMILES string of the molecule is C1=C[C@@H]2CC[C@H]1C[C+]1SCCSC12. The molecule has 4 aliphatic rings. The Bertz CT molecular complexity index is 224. The fourth-order valence-electron chi connectivity index (χ4n) is 2.64. The number of thioether (sulfide) groups is 2. The lowest BCUT2D eigenvalue weighted by Gasteiger charge is -2.22. The van der Waals surface area contributed by atoms with Crippen LogP contribution < -0.4 is 0 Å². The van der Waals surface area contributed by atoms with Gasteiger partial charge in [-0.05, 0) is 12.8 Å². The molecule has 2 fully saturated rings. The minimum Gasteiger partial charge on any atom is -0.108 e. The highest BCUT2D eigenvalue weighted by molar-refractivity contribution is 8.08. The molecular weight excluding hydrogens is 196 g/mol. The van der Waals surface area contributed by atoms with Crippen molar-refractivity contribution < 1.29 is 0 Å². The normalized spacial score (nSPS) is 43.1. The Hall–Kier alpha value is 0.310. The second kappa shape index (κ2) is 3.47. The Morgan fingerprint density at radius 3 is 3.00 bits per heavy atom. The van der Waals surface area contributed by atoms with Crippen LogP contribution in [0.15, 0.2) is 12.2 Å². The molecule has 0 N–H and O–H groups in total. The van der Waals surface area contributed by atoms with Gasteiger partial charge in [0.2, 0.25) is 0 Å². The Morgan fingerprint density at radius 2 is 2.15 bits per heavy atom. The van der Waals surface area contributed by atoms with Crippen LogP contribution >= 0.6 is 23.5 Å². The van der Waals surface area contributed by atoms with E-state index >= 15 is 0 Å². The van der Waals surface area contributed by atoms with E-state index in [-0.39, 0.29) is 0 Å². The maximum Gasteiger partial charge on any atom is 0.171 e. The van der Waals surface area contributed by atoms with E-state index in [9.17, 15) is 0 Å². The third-order valence-electron chi connectivity index (χ3n) is 3.34. The molecule has 3 aliphatic carbocycles. The van der Waals surface area contributed by atoms with E-state index in [1.807, 2.05) is 5.25 Å². The number of hydrogen-bond donors (Lipinski definition) is 0. The van der Waals surface area contributed by atoms with E-state index in [4.69, 9.17) is 0 Å². The quantitative estimate of drug-likeness (QED) is 0.445. The summed E-state index contributed by atoms with van der Waals surface area (Å²) in [5.74, 6) is 4.50. The molecule has 0 aromatic carbocycles. The summed E-state index contributed by atoms with van der Waals surface area (Å²) in [6.07, 6.45) is 9.27. The maximum atomic E-state index is 2.50. The zero-order chi connectivity index (χ0) is 8.67. The second-order valence-electron chi connectivity index (χ2n) is 4.20. The first-order valence-corrected chi connectivity index (χ1v) is 7.25. The minimum atomic E-state index is 0.877. The average Bonchev–Trinajstić information content (AvgIpc) is 2.46. The Morgan fingerprint density at radius 1 is 1.15 bits per heavy atom. The highest BCUT2D eigenvalue weighted by Crippen LogP contribution is 2.51. The van der Waals surface area contributed by atoms with Gasteiger partial charge in [0.1, 0.15) is 6.42 Å². The highest BCUT2D eigenvalue weighted by Gasteiger charge is 2.47. The van der Waals surface area contributed by atoms with Crippen molar-refractivity contribution in [2.45, 2.75) is 24.5 Å². The van der Waals surface area contributed by atoms with Crippen molar-refractivity contribution in [1.29, 1.82) is 0 Å². The van der Waals surface area contributed by atoms with Crippen LogP contribution in [0.25, 0.3) is 0 Å². The molecule has 0 amide bonds. The van der Waals surface area contributed by atoms with E-state index in [1.54, 1.807) is 0 Å². The molecule has 1 unspecified atom stereocenters. The molecule has 3 atom stereocenters. The molecule has 1 aliphatic heterocycles. The van der Waals surface area contributed by atoms with Crippen LogP contribution in [0.5, 0.6) is 0 Å². The first-order valence-electron chi connectivity index (χ1n) is 5.22. The van der Waals surface area contributed by atoms with Gasteiger partial charge in [-0.1, -0.05) is 12.2 Å². The zero-order valence-corrected chi connectivity index (χ0v) is 9.37. The van der Waals surface area contributed by atoms with Crippen LogP contribution in [0.2, 0.25) is 0 Å². The average molecular weight is 211 g/mol. The van der Waals surface area contributed by atoms with Crippen molar-refractivity contribution in [3.05, 3.63) is 17.4 Å². The molecule has 0 nitrogen and oxygen atoms in total. The van der Waals surface area contributed by atoms with Crippen LogP contribution in [0.3, 0.4) is 0 Å². The number of fused-ring (bicyclic) bond motifs is 1. The highest BCUT2D eigenvalue weighted by atomic mass is 32.2. The van der Waals surface area contributed by atoms with Gasteiger partial charge in [0.05, 0.1) is 11.8 Å². The summed E-state index contributed by atoms with van der Waals surface area (Å²) < 4.78 is 0. The lowest BCUT2D eigenvalue weighted by Crippen LogP contribution is -2.24. The molecule has 1 saturated heterocycles. The van der Waals surface area contributed by atoms with E-state index in [0.717, 1.165) is 17.1 Å². The van der Waals surface area contributed by atoms with Gasteiger partial charge in [0.25, 0.3) is 0 Å². The van der Waals surface area contributed by atoms with Crippen molar-refractivity contribution >= 4 is 23.5 Å². The number of hydrogen-bond acceptors (Lipinski definition) is 2. The second-order valence-corrected chi connectivity index (χ2v) is 6.67. The van der Waals surface area contributed by atoms with Crippen molar-refractivity contribution in [3.63, 3.8) is 0 Å². The summed E-state index contributed by atoms with van der Waals surface area (Å²) in [5.41, 5.74) is 0. The van der Waals surface area contributed by atoms with Gasteiger partial charge >= 0.3 is 0 Å². The molecule has 13 heavy (non-hydrogen) atoms. The van der Waals surface area contributed by atoms with Gasteiger partial charge in [-0.3, -0.25) is 0 Å². The third-order valence-corrected chi connectivity index (χ3v) is 6.38. The largest absolute Gasteiger partial charge is 0.171 e. The summed E-state index contributed by atoms with van der Waals surface area (Å²) in [5, 5.41) is 2.69. The smallest absolute Gasteiger partial charge is 0.108 e.